The fourth-order valence-corrected chi connectivity index (χ4v) is 2.07. The second kappa shape index (κ2) is 4.88. The maximum Gasteiger partial charge on any atom is 0.379 e. The minimum Gasteiger partial charge on any atom is -0.384 e. The molecule has 7 heteroatoms. The van der Waals surface area contributed by atoms with Gasteiger partial charge in [-0.15, -0.1) is 0 Å². The van der Waals surface area contributed by atoms with Crippen LogP contribution >= 0.6 is 11.8 Å². The summed E-state index contributed by atoms with van der Waals surface area (Å²) in [6.45, 7) is 0. The van der Waals surface area contributed by atoms with Crippen molar-refractivity contribution in [2.75, 3.05) is 5.73 Å². The van der Waals surface area contributed by atoms with E-state index in [4.69, 9.17) is 5.73 Å². The number of nitrogens with zero attached hydrogens (tertiary/aromatic N) is 1. The van der Waals surface area contributed by atoms with Crippen molar-refractivity contribution in [2.45, 2.75) is 9.92 Å². The molecule has 0 bridgehead atoms. The molecule has 17 heavy (non-hydrogen) atoms. The van der Waals surface area contributed by atoms with Crippen molar-refractivity contribution in [1.29, 1.82) is 0 Å². The van der Waals surface area contributed by atoms with Gasteiger partial charge in [0.15, 0.2) is 0 Å². The molecule has 1 aromatic carbocycles. The molecule has 1 heterocycles. The first-order valence-electron chi connectivity index (χ1n) is 4.61. The molecule has 0 unspecified atom stereocenters. The topological polar surface area (TPSA) is 81.0 Å². The number of rotatable bonds is 3. The molecule has 0 saturated heterocycles. The molecule has 0 radical (unpaired) electrons. The van der Waals surface area contributed by atoms with Crippen LogP contribution in [0.25, 0.3) is 0 Å². The Balaban J connectivity index is 2.19. The largest absolute Gasteiger partial charge is 0.384 e. The zero-order chi connectivity index (χ0) is 12.3. The fourth-order valence-electron chi connectivity index (χ4n) is 1.22. The summed E-state index contributed by atoms with van der Waals surface area (Å²) >= 11 is 1.30. The highest BCUT2D eigenvalue weighted by atomic mass is 32.2. The predicted octanol–water partition coefficient (Wildman–Crippen LogP) is 2.18. The Labute approximate surface area is 100 Å². The van der Waals surface area contributed by atoms with E-state index >= 15 is 0 Å². The Morgan fingerprint density at radius 1 is 1.47 bits per heavy atom. The second-order valence-corrected chi connectivity index (χ2v) is 4.25. The summed E-state index contributed by atoms with van der Waals surface area (Å²) in [5.41, 5.74) is 5.62. The van der Waals surface area contributed by atoms with Crippen LogP contribution in [0.4, 0.5) is 10.3 Å². The highest BCUT2D eigenvalue weighted by Crippen LogP contribution is 2.27. The van der Waals surface area contributed by atoms with Gasteiger partial charge in [-0.2, -0.15) is 5.10 Å². The van der Waals surface area contributed by atoms with Crippen LogP contribution < -0.4 is 5.73 Å². The third-order valence-electron chi connectivity index (χ3n) is 1.94. The van der Waals surface area contributed by atoms with Gasteiger partial charge in [0, 0.05) is 15.5 Å². The summed E-state index contributed by atoms with van der Waals surface area (Å²) in [4.78, 5) is 14.9. The van der Waals surface area contributed by atoms with Crippen molar-refractivity contribution in [3.63, 3.8) is 0 Å². The lowest BCUT2D eigenvalue weighted by molar-refractivity contribution is -0.0788. The number of hydrogen-bond donors (Lipinski definition) is 2. The molecular weight excluding hydrogens is 245 g/mol. The smallest absolute Gasteiger partial charge is 0.379 e. The van der Waals surface area contributed by atoms with Crippen LogP contribution in [0.1, 0.15) is 10.4 Å². The number of halogens is 1. The highest BCUT2D eigenvalue weighted by molar-refractivity contribution is 7.99. The Kier molecular flexibility index (Phi) is 3.29. The average Bonchev–Trinajstić information content (AvgIpc) is 2.74. The van der Waals surface area contributed by atoms with Gasteiger partial charge in [-0.05, 0) is 18.2 Å². The number of nitrogens with two attached hydrogens (primary N) is 1. The first-order valence-corrected chi connectivity index (χ1v) is 5.42. The second-order valence-electron chi connectivity index (χ2n) is 3.16. The summed E-state index contributed by atoms with van der Waals surface area (Å²) in [5.74, 6) is -0.569. The van der Waals surface area contributed by atoms with Gasteiger partial charge in [0.2, 0.25) is 0 Å². The average molecular weight is 253 g/mol. The molecule has 2 rings (SSSR count). The zero-order valence-electron chi connectivity index (χ0n) is 8.51. The molecule has 3 N–H and O–H groups in total. The van der Waals surface area contributed by atoms with Gasteiger partial charge < -0.3 is 5.73 Å². The van der Waals surface area contributed by atoms with Crippen LogP contribution in [0.15, 0.2) is 40.3 Å². The van der Waals surface area contributed by atoms with E-state index in [-0.39, 0.29) is 5.56 Å². The third kappa shape index (κ3) is 2.76. The van der Waals surface area contributed by atoms with Crippen LogP contribution in [0.3, 0.4) is 0 Å². The first-order chi connectivity index (χ1) is 8.19. The van der Waals surface area contributed by atoms with E-state index in [1.54, 1.807) is 18.2 Å². The standard InChI is InChI=1S/C10H8FN3O2S/c11-16-10(15)6-2-1-3-7(4-6)17-9-5-8(12)13-14-9/h1-5H,(H3,12,13,14). The minimum atomic E-state index is -1.02. The number of aromatic amines is 1. The predicted molar refractivity (Wildman–Crippen MR) is 60.1 cm³/mol. The van der Waals surface area contributed by atoms with E-state index in [2.05, 4.69) is 15.1 Å². The van der Waals surface area contributed by atoms with Crippen molar-refractivity contribution in [3.8, 4) is 0 Å². The molecule has 2 aromatic rings. The number of hydrogen-bond acceptors (Lipinski definition) is 5. The maximum atomic E-state index is 11.7. The quantitative estimate of drug-likeness (QED) is 0.876. The minimum absolute atomic E-state index is 0.140. The molecule has 0 amide bonds. The van der Waals surface area contributed by atoms with E-state index < -0.39 is 5.97 Å². The molecule has 5 nitrogen and oxygen atoms in total. The van der Waals surface area contributed by atoms with E-state index in [0.29, 0.717) is 10.8 Å². The molecule has 0 aliphatic carbocycles. The Bertz CT molecular complexity index is 544. The molecule has 0 spiro atoms. The summed E-state index contributed by atoms with van der Waals surface area (Å²) < 4.78 is 11.7. The summed E-state index contributed by atoms with van der Waals surface area (Å²) in [7, 11) is 0. The van der Waals surface area contributed by atoms with Crippen LogP contribution in [-0.2, 0) is 4.94 Å². The molecule has 0 atom stereocenters. The first kappa shape index (κ1) is 11.5. The van der Waals surface area contributed by atoms with Crippen molar-refractivity contribution < 1.29 is 14.3 Å². The van der Waals surface area contributed by atoms with Crippen LogP contribution in [0.2, 0.25) is 0 Å². The molecule has 88 valence electrons. The number of nitrogen functional groups attached to an aromatic ring is 1. The molecular formula is C10H8FN3O2S. The highest BCUT2D eigenvalue weighted by Gasteiger charge is 2.09. The summed E-state index contributed by atoms with van der Waals surface area (Å²) in [6, 6.07) is 8.03. The van der Waals surface area contributed by atoms with Crippen molar-refractivity contribution in [3.05, 3.63) is 35.9 Å². The van der Waals surface area contributed by atoms with Gasteiger partial charge in [0.05, 0.1) is 5.56 Å². The van der Waals surface area contributed by atoms with E-state index in [9.17, 15) is 9.32 Å². The number of aromatic nitrogens is 2. The zero-order valence-corrected chi connectivity index (χ0v) is 9.33. The number of carbonyl (C=O) groups excluding carboxylic acids is 1. The van der Waals surface area contributed by atoms with Gasteiger partial charge in [0.25, 0.3) is 0 Å². The molecule has 0 aliphatic heterocycles. The Morgan fingerprint density at radius 3 is 2.94 bits per heavy atom. The number of anilines is 1. The van der Waals surface area contributed by atoms with E-state index in [1.165, 1.54) is 23.9 Å². The van der Waals surface area contributed by atoms with Crippen LogP contribution in [0.5, 0.6) is 0 Å². The number of nitrogens with one attached hydrogen (secondary N) is 1. The van der Waals surface area contributed by atoms with Crippen LogP contribution in [0, 0.1) is 0 Å². The van der Waals surface area contributed by atoms with Gasteiger partial charge in [0.1, 0.15) is 10.8 Å². The van der Waals surface area contributed by atoms with Crippen LogP contribution in [-0.4, -0.2) is 16.2 Å². The number of H-pyrrole nitrogens is 1. The summed E-state index contributed by atoms with van der Waals surface area (Å²) in [5, 5.41) is 7.18. The third-order valence-corrected chi connectivity index (χ3v) is 2.84. The van der Waals surface area contributed by atoms with Crippen molar-refractivity contribution >= 4 is 23.5 Å². The lowest BCUT2D eigenvalue weighted by Crippen LogP contribution is -1.97. The van der Waals surface area contributed by atoms with Gasteiger partial charge in [-0.3, -0.25) is 5.10 Å². The number of carbonyl (C=O) groups is 1. The Morgan fingerprint density at radius 2 is 2.29 bits per heavy atom. The maximum absolute atomic E-state index is 11.7. The van der Waals surface area contributed by atoms with Gasteiger partial charge in [-0.1, -0.05) is 17.8 Å². The SMILES string of the molecule is Nc1cc(Sc2cccc(C(=O)OF)c2)n[nH]1. The lowest BCUT2D eigenvalue weighted by Gasteiger charge is -1.99. The van der Waals surface area contributed by atoms with E-state index in [1.807, 2.05) is 0 Å². The number of benzene rings is 1. The molecule has 0 aliphatic rings. The van der Waals surface area contributed by atoms with Gasteiger partial charge in [-0.25, -0.2) is 9.74 Å². The monoisotopic (exact) mass is 253 g/mol. The summed E-state index contributed by atoms with van der Waals surface area (Å²) in [6.07, 6.45) is 0. The van der Waals surface area contributed by atoms with Crippen molar-refractivity contribution in [1.82, 2.24) is 10.2 Å². The van der Waals surface area contributed by atoms with E-state index in [0.717, 1.165) is 4.90 Å². The Hall–Kier alpha value is -2.02. The fraction of sp³-hybridized carbons (Fsp3) is 0. The molecule has 0 saturated carbocycles. The van der Waals surface area contributed by atoms with Gasteiger partial charge >= 0.3 is 5.97 Å². The normalized spacial score (nSPS) is 10.2. The molecule has 1 aromatic heterocycles. The van der Waals surface area contributed by atoms with Crippen molar-refractivity contribution in [2.24, 2.45) is 0 Å². The molecule has 0 fully saturated rings. The lowest BCUT2D eigenvalue weighted by atomic mass is 10.2.